The van der Waals surface area contributed by atoms with Crippen LogP contribution >= 0.6 is 0 Å². The highest BCUT2D eigenvalue weighted by Gasteiger charge is 2.31. The number of anilines is 1. The van der Waals surface area contributed by atoms with Crippen molar-refractivity contribution in [2.45, 2.75) is 56.9 Å². The van der Waals surface area contributed by atoms with Crippen molar-refractivity contribution < 1.29 is 19.0 Å². The van der Waals surface area contributed by atoms with Gasteiger partial charge in [0.2, 0.25) is 5.95 Å². The fourth-order valence-electron chi connectivity index (χ4n) is 7.54. The lowest BCUT2D eigenvalue weighted by Crippen LogP contribution is -2.47. The summed E-state index contributed by atoms with van der Waals surface area (Å²) in [5.74, 6) is -0.821. The Balaban J connectivity index is 0.940. The Kier molecular flexibility index (Phi) is 9.76. The first-order chi connectivity index (χ1) is 23.5. The first-order valence-electron chi connectivity index (χ1n) is 17.0. The molecule has 0 unspecified atom stereocenters. The van der Waals surface area contributed by atoms with Crippen molar-refractivity contribution in [3.63, 3.8) is 0 Å². The van der Waals surface area contributed by atoms with Crippen LogP contribution in [0.25, 0.3) is 22.3 Å². The van der Waals surface area contributed by atoms with Crippen LogP contribution in [0.3, 0.4) is 0 Å². The van der Waals surface area contributed by atoms with Gasteiger partial charge < -0.3 is 20.9 Å². The largest absolute Gasteiger partial charge is 0.395 e. The summed E-state index contributed by atoms with van der Waals surface area (Å²) in [6, 6.07) is 20.6. The van der Waals surface area contributed by atoms with Gasteiger partial charge in [0.1, 0.15) is 5.82 Å². The lowest BCUT2D eigenvalue weighted by molar-refractivity contribution is 0.0272. The lowest BCUT2D eigenvalue weighted by Gasteiger charge is -2.38. The van der Waals surface area contributed by atoms with Gasteiger partial charge >= 0.3 is 0 Å². The summed E-state index contributed by atoms with van der Waals surface area (Å²) in [6.45, 7) is 5.62. The number of nitrogens with zero attached hydrogens (tertiary/aromatic N) is 4. The van der Waals surface area contributed by atoms with Crippen molar-refractivity contribution >= 4 is 11.7 Å². The van der Waals surface area contributed by atoms with E-state index in [1.54, 1.807) is 18.2 Å². The molecule has 10 heteroatoms. The second-order valence-corrected chi connectivity index (χ2v) is 13.1. The van der Waals surface area contributed by atoms with Gasteiger partial charge in [0.25, 0.3) is 5.91 Å². The molecule has 1 amide bonds. The first kappa shape index (κ1) is 32.3. The van der Waals surface area contributed by atoms with E-state index in [0.717, 1.165) is 64.0 Å². The normalized spacial score (nSPS) is 21.3. The van der Waals surface area contributed by atoms with Crippen molar-refractivity contribution in [2.75, 3.05) is 45.1 Å². The van der Waals surface area contributed by atoms with Crippen LogP contribution in [0.5, 0.6) is 0 Å². The molecule has 250 valence electrons. The molecule has 4 N–H and O–H groups in total. The van der Waals surface area contributed by atoms with Crippen LogP contribution in [0.15, 0.2) is 73.1 Å². The molecular weight excluding hydrogens is 607 g/mol. The third-order valence-electron chi connectivity index (χ3n) is 10.2. The third kappa shape index (κ3) is 6.98. The van der Waals surface area contributed by atoms with Crippen LogP contribution in [-0.2, 0) is 17.8 Å². The van der Waals surface area contributed by atoms with Crippen LogP contribution in [0.4, 0.5) is 10.2 Å². The minimum absolute atomic E-state index is 0.104. The number of aromatic nitrogens is 2. The average Bonchev–Trinajstić information content (AvgIpc) is 3.75. The highest BCUT2D eigenvalue weighted by atomic mass is 19.1. The van der Waals surface area contributed by atoms with Crippen LogP contribution in [-0.4, -0.2) is 82.3 Å². The SMILES string of the molecule is Nc1ncc(C(=O)N[C@H]2CCC[C@@H]2OCc2ccc(-c3ccc4c(c3)CC[C@@H]4N3CCN(CCO)CC3)cc2)cc1-c1cccnc1F. The van der Waals surface area contributed by atoms with Crippen LogP contribution in [0, 0.1) is 5.95 Å². The number of aryl methyl sites for hydroxylation is 1. The highest BCUT2D eigenvalue weighted by molar-refractivity contribution is 5.96. The number of nitrogen functional groups attached to an aromatic ring is 1. The number of hydrogen-bond acceptors (Lipinski definition) is 8. The number of nitrogens with two attached hydrogens (primary N) is 1. The Morgan fingerprint density at radius 1 is 0.979 bits per heavy atom. The lowest BCUT2D eigenvalue weighted by atomic mass is 9.98. The number of nitrogens with one attached hydrogen (secondary N) is 1. The summed E-state index contributed by atoms with van der Waals surface area (Å²) in [7, 11) is 0. The number of benzene rings is 2. The second-order valence-electron chi connectivity index (χ2n) is 13.1. The van der Waals surface area contributed by atoms with Crippen molar-refractivity contribution in [3.8, 4) is 22.3 Å². The fourth-order valence-corrected chi connectivity index (χ4v) is 7.54. The van der Waals surface area contributed by atoms with Crippen molar-refractivity contribution in [2.24, 2.45) is 0 Å². The Labute approximate surface area is 281 Å². The van der Waals surface area contributed by atoms with Gasteiger partial charge in [0.15, 0.2) is 0 Å². The van der Waals surface area contributed by atoms with Gasteiger partial charge in [-0.2, -0.15) is 4.39 Å². The number of carbonyl (C=O) groups excluding carboxylic acids is 1. The summed E-state index contributed by atoms with van der Waals surface area (Å²) in [5.41, 5.74) is 13.3. The molecule has 1 saturated heterocycles. The molecule has 2 aromatic carbocycles. The van der Waals surface area contributed by atoms with E-state index < -0.39 is 5.95 Å². The number of aliphatic hydroxyl groups is 1. The van der Waals surface area contributed by atoms with Gasteiger partial charge in [-0.15, -0.1) is 0 Å². The van der Waals surface area contributed by atoms with Crippen molar-refractivity contribution in [1.82, 2.24) is 25.1 Å². The van der Waals surface area contributed by atoms with Gasteiger partial charge in [-0.3, -0.25) is 14.6 Å². The van der Waals surface area contributed by atoms with Gasteiger partial charge in [-0.1, -0.05) is 42.5 Å². The maximum Gasteiger partial charge on any atom is 0.253 e. The van der Waals surface area contributed by atoms with E-state index in [1.165, 1.54) is 41.1 Å². The Bertz CT molecular complexity index is 1740. The van der Waals surface area contributed by atoms with Gasteiger partial charge in [-0.05, 0) is 78.1 Å². The van der Waals surface area contributed by atoms with Gasteiger partial charge in [0, 0.05) is 62.3 Å². The zero-order valence-electron chi connectivity index (χ0n) is 27.2. The summed E-state index contributed by atoms with van der Waals surface area (Å²) < 4.78 is 20.7. The molecule has 7 rings (SSSR count). The van der Waals surface area contributed by atoms with Crippen molar-refractivity contribution in [1.29, 1.82) is 0 Å². The smallest absolute Gasteiger partial charge is 0.253 e. The molecule has 2 fully saturated rings. The number of fused-ring (bicyclic) bond motifs is 1. The quantitative estimate of drug-likeness (QED) is 0.206. The Morgan fingerprint density at radius 2 is 1.79 bits per heavy atom. The molecule has 9 nitrogen and oxygen atoms in total. The third-order valence-corrected chi connectivity index (χ3v) is 10.2. The first-order valence-corrected chi connectivity index (χ1v) is 17.0. The van der Waals surface area contributed by atoms with E-state index in [9.17, 15) is 14.3 Å². The molecule has 3 atom stereocenters. The predicted octanol–water partition coefficient (Wildman–Crippen LogP) is 5.00. The molecule has 0 spiro atoms. The number of pyridine rings is 2. The molecule has 0 bridgehead atoms. The number of amides is 1. The number of piperazine rings is 1. The molecule has 1 saturated carbocycles. The summed E-state index contributed by atoms with van der Waals surface area (Å²) in [6.07, 6.45) is 7.59. The number of halogens is 1. The van der Waals surface area contributed by atoms with E-state index in [1.807, 2.05) is 0 Å². The number of hydrogen-bond donors (Lipinski definition) is 3. The minimum Gasteiger partial charge on any atom is -0.395 e. The van der Waals surface area contributed by atoms with E-state index in [0.29, 0.717) is 23.8 Å². The van der Waals surface area contributed by atoms with Crippen molar-refractivity contribution in [3.05, 3.63) is 101 Å². The van der Waals surface area contributed by atoms with Gasteiger partial charge in [0.05, 0.1) is 30.9 Å². The molecular formula is C38H43FN6O3. The zero-order valence-corrected chi connectivity index (χ0v) is 27.2. The van der Waals surface area contributed by atoms with E-state index in [2.05, 4.69) is 67.5 Å². The minimum atomic E-state index is -0.664. The maximum atomic E-state index is 14.3. The molecule has 2 aromatic heterocycles. The molecule has 1 aliphatic heterocycles. The number of aliphatic hydroxyl groups excluding tert-OH is 1. The average molecular weight is 651 g/mol. The van der Waals surface area contributed by atoms with Crippen LogP contribution in [0.2, 0.25) is 0 Å². The number of ether oxygens (including phenoxy) is 1. The van der Waals surface area contributed by atoms with E-state index in [-0.39, 0.29) is 36.0 Å². The Morgan fingerprint density at radius 3 is 2.58 bits per heavy atom. The molecule has 0 radical (unpaired) electrons. The number of β-amino-alcohol motifs (C(OH)–C–C–N with tert-alkyl or cyclic N) is 1. The summed E-state index contributed by atoms with van der Waals surface area (Å²) in [5, 5.41) is 12.4. The molecule has 4 aromatic rings. The number of carbonyl (C=O) groups is 1. The fraction of sp³-hybridized carbons (Fsp3) is 0.395. The molecule has 2 aliphatic carbocycles. The maximum absolute atomic E-state index is 14.3. The summed E-state index contributed by atoms with van der Waals surface area (Å²) >= 11 is 0. The van der Waals surface area contributed by atoms with Gasteiger partial charge in [-0.25, -0.2) is 9.97 Å². The summed E-state index contributed by atoms with van der Waals surface area (Å²) in [4.78, 5) is 26.0. The standard InChI is InChI=1S/C38H43FN6O3/c39-36-31(3-2-14-41-36)32-22-29(23-42-37(32)40)38(47)43-33-4-1-5-35(33)48-24-25-6-8-26(9-7-25)27-10-12-30-28(21-27)11-13-34(30)45-17-15-44(16-18-45)19-20-46/h2-3,6-10,12,14,21-23,33-35,46H,1,4-5,11,13,15-20,24H2,(H2,40,42)(H,43,47)/t33-,34-,35-/m0/s1. The molecule has 48 heavy (non-hydrogen) atoms. The van der Waals surface area contributed by atoms with E-state index >= 15 is 0 Å². The topological polar surface area (TPSA) is 117 Å². The van der Waals surface area contributed by atoms with E-state index in [4.69, 9.17) is 10.5 Å². The number of rotatable bonds is 10. The Hall–Kier alpha value is -4.22. The predicted molar refractivity (Wildman–Crippen MR) is 184 cm³/mol. The molecule has 3 aliphatic rings. The monoisotopic (exact) mass is 650 g/mol. The highest BCUT2D eigenvalue weighted by Crippen LogP contribution is 2.38. The van der Waals surface area contributed by atoms with Crippen LogP contribution < -0.4 is 11.1 Å². The molecule has 3 heterocycles. The van der Waals surface area contributed by atoms with Crippen LogP contribution in [0.1, 0.15) is 58.8 Å². The second kappa shape index (κ2) is 14.5. The zero-order chi connectivity index (χ0) is 33.0.